The molecule has 0 aromatic heterocycles. The molecule has 5 nitrogen and oxygen atoms in total. The zero-order valence-electron chi connectivity index (χ0n) is 11.3. The molecule has 1 aromatic carbocycles. The number of sulfonamides is 1. The van der Waals surface area contributed by atoms with E-state index in [0.29, 0.717) is 17.6 Å². The third-order valence-electron chi connectivity index (χ3n) is 2.55. The van der Waals surface area contributed by atoms with Gasteiger partial charge in [0.15, 0.2) is 0 Å². The summed E-state index contributed by atoms with van der Waals surface area (Å²) in [5, 5.41) is 3.01. The Morgan fingerprint density at radius 3 is 2.63 bits per heavy atom. The molecule has 0 amide bonds. The molecule has 108 valence electrons. The van der Waals surface area contributed by atoms with Crippen LogP contribution in [0.1, 0.15) is 11.1 Å². The molecule has 0 saturated carbocycles. The molecule has 0 aliphatic rings. The normalized spacial score (nSPS) is 11.8. The fourth-order valence-electron chi connectivity index (χ4n) is 1.67. The second-order valence-electron chi connectivity index (χ2n) is 4.15. The lowest BCUT2D eigenvalue weighted by Gasteiger charge is -2.12. The SMILES string of the molecule is CNCc1cc(C)c(Br)c(S(=O)(=O)NCCOC)c1. The van der Waals surface area contributed by atoms with Gasteiger partial charge in [0.05, 0.1) is 11.5 Å². The zero-order chi connectivity index (χ0) is 14.5. The lowest BCUT2D eigenvalue weighted by Crippen LogP contribution is -2.27. The number of ether oxygens (including phenoxy) is 1. The van der Waals surface area contributed by atoms with Crippen molar-refractivity contribution in [1.29, 1.82) is 0 Å². The first kappa shape index (κ1) is 16.6. The second-order valence-corrected chi connectivity index (χ2v) is 6.67. The predicted molar refractivity (Wildman–Crippen MR) is 78.7 cm³/mol. The van der Waals surface area contributed by atoms with Crippen LogP contribution in [-0.4, -0.2) is 35.7 Å². The maximum absolute atomic E-state index is 12.2. The van der Waals surface area contributed by atoms with Crippen molar-refractivity contribution in [2.45, 2.75) is 18.4 Å². The minimum absolute atomic E-state index is 0.251. The Morgan fingerprint density at radius 2 is 2.05 bits per heavy atom. The Balaban J connectivity index is 3.10. The standard InChI is InChI=1S/C12H19BrN2O3S/c1-9-6-10(8-14-2)7-11(12(9)13)19(16,17)15-4-5-18-3/h6-7,14-15H,4-5,8H2,1-3H3. The van der Waals surface area contributed by atoms with Crippen LogP contribution in [0, 0.1) is 6.92 Å². The van der Waals surface area contributed by atoms with Gasteiger partial charge in [0.25, 0.3) is 0 Å². The number of methoxy groups -OCH3 is 1. The summed E-state index contributed by atoms with van der Waals surface area (Å²) in [6.45, 7) is 3.08. The highest BCUT2D eigenvalue weighted by Crippen LogP contribution is 2.27. The third-order valence-corrected chi connectivity index (χ3v) is 5.35. The molecule has 0 fully saturated rings. The van der Waals surface area contributed by atoms with Gasteiger partial charge in [0.1, 0.15) is 0 Å². The predicted octanol–water partition coefficient (Wildman–Crippen LogP) is 1.40. The number of benzene rings is 1. The monoisotopic (exact) mass is 350 g/mol. The van der Waals surface area contributed by atoms with E-state index in [0.717, 1.165) is 11.1 Å². The lowest BCUT2D eigenvalue weighted by molar-refractivity contribution is 0.204. The average Bonchev–Trinajstić information content (AvgIpc) is 2.34. The first-order valence-corrected chi connectivity index (χ1v) is 8.12. The number of hydrogen-bond donors (Lipinski definition) is 2. The molecule has 0 atom stereocenters. The van der Waals surface area contributed by atoms with Crippen molar-refractivity contribution < 1.29 is 13.2 Å². The highest BCUT2D eigenvalue weighted by Gasteiger charge is 2.19. The fraction of sp³-hybridized carbons (Fsp3) is 0.500. The number of rotatable bonds is 7. The smallest absolute Gasteiger partial charge is 0.241 e. The molecule has 0 unspecified atom stereocenters. The number of aryl methyl sites for hydroxylation is 1. The maximum atomic E-state index is 12.2. The van der Waals surface area contributed by atoms with E-state index < -0.39 is 10.0 Å². The summed E-state index contributed by atoms with van der Waals surface area (Å²) in [6, 6.07) is 3.62. The molecule has 0 radical (unpaired) electrons. The molecular formula is C12H19BrN2O3S. The highest BCUT2D eigenvalue weighted by molar-refractivity contribution is 9.10. The average molecular weight is 351 g/mol. The Hall–Kier alpha value is -0.470. The van der Waals surface area contributed by atoms with Gasteiger partial charge in [-0.2, -0.15) is 0 Å². The third kappa shape index (κ3) is 4.54. The summed E-state index contributed by atoms with van der Waals surface area (Å²) >= 11 is 3.34. The van der Waals surface area contributed by atoms with E-state index >= 15 is 0 Å². The van der Waals surface area contributed by atoms with Crippen LogP contribution in [-0.2, 0) is 21.3 Å². The van der Waals surface area contributed by atoms with Gasteiger partial charge in [0, 0.05) is 24.7 Å². The van der Waals surface area contributed by atoms with Gasteiger partial charge in [0.2, 0.25) is 10.0 Å². The van der Waals surface area contributed by atoms with Gasteiger partial charge in [-0.1, -0.05) is 6.07 Å². The van der Waals surface area contributed by atoms with Gasteiger partial charge >= 0.3 is 0 Å². The number of halogens is 1. The summed E-state index contributed by atoms with van der Waals surface area (Å²) in [5.74, 6) is 0. The Kier molecular flexibility index (Phi) is 6.41. The van der Waals surface area contributed by atoms with E-state index in [9.17, 15) is 8.42 Å². The van der Waals surface area contributed by atoms with Crippen molar-refractivity contribution in [2.75, 3.05) is 27.3 Å². The van der Waals surface area contributed by atoms with Crippen LogP contribution in [0.15, 0.2) is 21.5 Å². The summed E-state index contributed by atoms with van der Waals surface area (Å²) in [5.41, 5.74) is 1.81. The van der Waals surface area contributed by atoms with Crippen molar-refractivity contribution in [3.63, 3.8) is 0 Å². The number of nitrogens with one attached hydrogen (secondary N) is 2. The minimum atomic E-state index is -3.53. The van der Waals surface area contributed by atoms with Crippen LogP contribution in [0.25, 0.3) is 0 Å². The molecule has 1 aromatic rings. The molecule has 7 heteroatoms. The van der Waals surface area contributed by atoms with Gasteiger partial charge in [-0.05, 0) is 47.1 Å². The first-order valence-electron chi connectivity index (χ1n) is 5.84. The van der Waals surface area contributed by atoms with E-state index in [2.05, 4.69) is 26.0 Å². The molecule has 0 aliphatic carbocycles. The molecule has 19 heavy (non-hydrogen) atoms. The topological polar surface area (TPSA) is 67.4 Å². The van der Waals surface area contributed by atoms with E-state index in [1.54, 1.807) is 6.07 Å². The molecule has 1 rings (SSSR count). The fourth-order valence-corrected chi connectivity index (χ4v) is 3.75. The van der Waals surface area contributed by atoms with Crippen LogP contribution in [0.2, 0.25) is 0 Å². The van der Waals surface area contributed by atoms with Crippen molar-refractivity contribution in [1.82, 2.24) is 10.0 Å². The van der Waals surface area contributed by atoms with E-state index in [-0.39, 0.29) is 11.4 Å². The van der Waals surface area contributed by atoms with E-state index in [1.807, 2.05) is 20.0 Å². The molecule has 0 aliphatic heterocycles. The van der Waals surface area contributed by atoms with Crippen molar-refractivity contribution in [3.05, 3.63) is 27.7 Å². The Morgan fingerprint density at radius 1 is 1.37 bits per heavy atom. The summed E-state index contributed by atoms with van der Waals surface area (Å²) in [6.07, 6.45) is 0. The Bertz CT molecular complexity index is 532. The largest absolute Gasteiger partial charge is 0.383 e. The zero-order valence-corrected chi connectivity index (χ0v) is 13.7. The first-order chi connectivity index (χ1) is 8.92. The molecule has 0 saturated heterocycles. The van der Waals surface area contributed by atoms with Crippen molar-refractivity contribution in [2.24, 2.45) is 0 Å². The van der Waals surface area contributed by atoms with Crippen LogP contribution >= 0.6 is 15.9 Å². The molecule has 0 bridgehead atoms. The number of hydrogen-bond acceptors (Lipinski definition) is 4. The minimum Gasteiger partial charge on any atom is -0.383 e. The molecule has 0 spiro atoms. The van der Waals surface area contributed by atoms with Crippen LogP contribution in [0.3, 0.4) is 0 Å². The quantitative estimate of drug-likeness (QED) is 0.729. The van der Waals surface area contributed by atoms with Gasteiger partial charge in [-0.3, -0.25) is 0 Å². The van der Waals surface area contributed by atoms with Crippen LogP contribution < -0.4 is 10.0 Å². The van der Waals surface area contributed by atoms with Crippen molar-refractivity contribution >= 4 is 26.0 Å². The summed E-state index contributed by atoms with van der Waals surface area (Å²) in [7, 11) is -0.180. The second kappa shape index (κ2) is 7.35. The van der Waals surface area contributed by atoms with Gasteiger partial charge in [-0.25, -0.2) is 13.1 Å². The van der Waals surface area contributed by atoms with E-state index in [4.69, 9.17) is 4.74 Å². The van der Waals surface area contributed by atoms with Crippen LogP contribution in [0.5, 0.6) is 0 Å². The highest BCUT2D eigenvalue weighted by atomic mass is 79.9. The van der Waals surface area contributed by atoms with Crippen molar-refractivity contribution in [3.8, 4) is 0 Å². The molecule has 0 heterocycles. The Labute approximate surface area is 122 Å². The molecular weight excluding hydrogens is 332 g/mol. The summed E-state index contributed by atoms with van der Waals surface area (Å²) in [4.78, 5) is 0.258. The summed E-state index contributed by atoms with van der Waals surface area (Å²) < 4.78 is 32.4. The van der Waals surface area contributed by atoms with Crippen LogP contribution in [0.4, 0.5) is 0 Å². The maximum Gasteiger partial charge on any atom is 0.241 e. The van der Waals surface area contributed by atoms with Gasteiger partial charge in [-0.15, -0.1) is 0 Å². The molecule has 2 N–H and O–H groups in total. The van der Waals surface area contributed by atoms with E-state index in [1.165, 1.54) is 7.11 Å². The van der Waals surface area contributed by atoms with Gasteiger partial charge < -0.3 is 10.1 Å². The lowest BCUT2D eigenvalue weighted by atomic mass is 10.1.